The summed E-state index contributed by atoms with van der Waals surface area (Å²) >= 11 is 0. The number of nitrogens with one attached hydrogen (secondary N) is 2. The minimum atomic E-state index is 0.0103. The second kappa shape index (κ2) is 5.27. The molecule has 1 aromatic heterocycles. The van der Waals surface area contributed by atoms with Gasteiger partial charge in [0.2, 0.25) is 0 Å². The molecule has 3 aromatic rings. The van der Waals surface area contributed by atoms with Crippen LogP contribution in [0.5, 0.6) is 0 Å². The predicted octanol–water partition coefficient (Wildman–Crippen LogP) is 3.94. The predicted molar refractivity (Wildman–Crippen MR) is 92.7 cm³/mol. The number of aromatic amines is 1. The molecule has 23 heavy (non-hydrogen) atoms. The van der Waals surface area contributed by atoms with Gasteiger partial charge in [0, 0.05) is 34.6 Å². The van der Waals surface area contributed by atoms with Crippen LogP contribution >= 0.6 is 0 Å². The van der Waals surface area contributed by atoms with Crippen molar-refractivity contribution in [1.82, 2.24) is 10.3 Å². The van der Waals surface area contributed by atoms with Gasteiger partial charge < -0.3 is 10.3 Å². The highest BCUT2D eigenvalue weighted by Gasteiger charge is 2.45. The number of rotatable bonds is 4. The van der Waals surface area contributed by atoms with Crippen LogP contribution in [0.3, 0.4) is 0 Å². The smallest absolute Gasteiger partial charge is 0.251 e. The first-order chi connectivity index (χ1) is 11.2. The van der Waals surface area contributed by atoms with E-state index in [9.17, 15) is 4.79 Å². The number of H-pyrrole nitrogens is 1. The Morgan fingerprint density at radius 3 is 2.61 bits per heavy atom. The molecule has 0 atom stereocenters. The quantitative estimate of drug-likeness (QED) is 0.753. The second-order valence-electron chi connectivity index (χ2n) is 6.58. The van der Waals surface area contributed by atoms with Crippen molar-refractivity contribution in [2.24, 2.45) is 0 Å². The maximum absolute atomic E-state index is 12.3. The van der Waals surface area contributed by atoms with E-state index in [1.807, 2.05) is 37.3 Å². The number of para-hydroxylation sites is 1. The largest absolute Gasteiger partial charge is 0.361 e. The first kappa shape index (κ1) is 14.1. The van der Waals surface area contributed by atoms with Gasteiger partial charge in [-0.05, 0) is 43.5 Å². The topological polar surface area (TPSA) is 44.9 Å². The standard InChI is InChI=1S/C20H20N2O/c1-14-6-8-15(9-7-14)19(23)22-13-20(10-11-20)17-12-21-18-5-3-2-4-16(17)18/h2-9,12,21H,10-11,13H2,1H3,(H,22,23). The number of carbonyl (C=O) groups excluding carboxylic acids is 1. The summed E-state index contributed by atoms with van der Waals surface area (Å²) in [5.74, 6) is 0.0103. The van der Waals surface area contributed by atoms with Crippen LogP contribution in [0.25, 0.3) is 10.9 Å². The molecule has 1 amide bonds. The monoisotopic (exact) mass is 304 g/mol. The molecule has 0 saturated heterocycles. The summed E-state index contributed by atoms with van der Waals surface area (Å²) in [4.78, 5) is 15.7. The lowest BCUT2D eigenvalue weighted by atomic mass is 9.95. The molecule has 0 bridgehead atoms. The lowest BCUT2D eigenvalue weighted by molar-refractivity contribution is 0.0949. The summed E-state index contributed by atoms with van der Waals surface area (Å²) in [5, 5.41) is 4.39. The van der Waals surface area contributed by atoms with Crippen LogP contribution in [0.4, 0.5) is 0 Å². The van der Waals surface area contributed by atoms with Crippen LogP contribution in [-0.4, -0.2) is 17.4 Å². The van der Waals surface area contributed by atoms with Crippen molar-refractivity contribution < 1.29 is 4.79 Å². The number of aryl methyl sites for hydroxylation is 1. The molecule has 1 saturated carbocycles. The Balaban J connectivity index is 1.52. The highest BCUT2D eigenvalue weighted by atomic mass is 16.1. The lowest BCUT2D eigenvalue weighted by Crippen LogP contribution is -2.32. The fourth-order valence-electron chi connectivity index (χ4n) is 3.26. The lowest BCUT2D eigenvalue weighted by Gasteiger charge is -2.16. The molecule has 0 unspecified atom stereocenters. The third kappa shape index (κ3) is 2.52. The molecule has 0 aliphatic heterocycles. The van der Waals surface area contributed by atoms with E-state index >= 15 is 0 Å². The highest BCUT2D eigenvalue weighted by Crippen LogP contribution is 2.49. The molecule has 3 nitrogen and oxygen atoms in total. The summed E-state index contributed by atoms with van der Waals surface area (Å²) in [6, 6.07) is 16.1. The van der Waals surface area contributed by atoms with Crippen LogP contribution in [0.2, 0.25) is 0 Å². The van der Waals surface area contributed by atoms with Gasteiger partial charge in [0.25, 0.3) is 5.91 Å². The summed E-state index contributed by atoms with van der Waals surface area (Å²) in [6.45, 7) is 2.72. The summed E-state index contributed by atoms with van der Waals surface area (Å²) in [6.07, 6.45) is 4.36. The minimum Gasteiger partial charge on any atom is -0.361 e. The fraction of sp³-hybridized carbons (Fsp3) is 0.250. The van der Waals surface area contributed by atoms with E-state index in [1.165, 1.54) is 22.0 Å². The van der Waals surface area contributed by atoms with Crippen molar-refractivity contribution in [2.45, 2.75) is 25.2 Å². The fourth-order valence-corrected chi connectivity index (χ4v) is 3.26. The van der Waals surface area contributed by atoms with Crippen LogP contribution in [0.1, 0.15) is 34.3 Å². The average Bonchev–Trinajstić information content (AvgIpc) is 3.24. The van der Waals surface area contributed by atoms with Gasteiger partial charge >= 0.3 is 0 Å². The molecule has 1 fully saturated rings. The van der Waals surface area contributed by atoms with E-state index in [4.69, 9.17) is 0 Å². The molecule has 116 valence electrons. The number of carbonyl (C=O) groups is 1. The molecule has 1 aliphatic carbocycles. The van der Waals surface area contributed by atoms with Crippen LogP contribution < -0.4 is 5.32 Å². The maximum Gasteiger partial charge on any atom is 0.251 e. The zero-order chi connectivity index (χ0) is 15.9. The molecule has 2 N–H and O–H groups in total. The van der Waals surface area contributed by atoms with E-state index in [0.717, 1.165) is 18.4 Å². The second-order valence-corrected chi connectivity index (χ2v) is 6.58. The number of fused-ring (bicyclic) bond motifs is 1. The van der Waals surface area contributed by atoms with Gasteiger partial charge in [-0.25, -0.2) is 0 Å². The van der Waals surface area contributed by atoms with Gasteiger partial charge in [-0.1, -0.05) is 35.9 Å². The number of aromatic nitrogens is 1. The number of amides is 1. The molecular weight excluding hydrogens is 284 g/mol. The van der Waals surface area contributed by atoms with Gasteiger partial charge in [-0.15, -0.1) is 0 Å². The number of benzene rings is 2. The Kier molecular flexibility index (Phi) is 3.22. The highest BCUT2D eigenvalue weighted by molar-refractivity contribution is 5.94. The Morgan fingerprint density at radius 1 is 1.13 bits per heavy atom. The Hall–Kier alpha value is -2.55. The Bertz CT molecular complexity index is 857. The Labute approximate surface area is 135 Å². The van der Waals surface area contributed by atoms with Crippen molar-refractivity contribution in [1.29, 1.82) is 0 Å². The van der Waals surface area contributed by atoms with E-state index in [2.05, 4.69) is 34.7 Å². The third-order valence-corrected chi connectivity index (χ3v) is 4.92. The minimum absolute atomic E-state index is 0.0103. The first-order valence-corrected chi connectivity index (χ1v) is 8.09. The van der Waals surface area contributed by atoms with Crippen LogP contribution in [0.15, 0.2) is 54.7 Å². The SMILES string of the molecule is Cc1ccc(C(=O)NCC2(c3c[nH]c4ccccc34)CC2)cc1. The molecule has 2 aromatic carbocycles. The van der Waals surface area contributed by atoms with Crippen LogP contribution in [0, 0.1) is 6.92 Å². The van der Waals surface area contributed by atoms with Gasteiger partial charge in [0.15, 0.2) is 0 Å². The van der Waals surface area contributed by atoms with E-state index in [-0.39, 0.29) is 11.3 Å². The van der Waals surface area contributed by atoms with Crippen molar-refractivity contribution in [3.05, 3.63) is 71.4 Å². The summed E-state index contributed by atoms with van der Waals surface area (Å²) in [7, 11) is 0. The molecule has 4 rings (SSSR count). The van der Waals surface area contributed by atoms with Crippen LogP contribution in [-0.2, 0) is 5.41 Å². The Morgan fingerprint density at radius 2 is 1.87 bits per heavy atom. The normalized spacial score (nSPS) is 15.5. The van der Waals surface area contributed by atoms with Gasteiger partial charge in [0.1, 0.15) is 0 Å². The molecule has 1 aliphatic rings. The zero-order valence-corrected chi connectivity index (χ0v) is 13.2. The summed E-state index contributed by atoms with van der Waals surface area (Å²) < 4.78 is 0. The molecule has 0 spiro atoms. The van der Waals surface area contributed by atoms with Crippen molar-refractivity contribution in [2.75, 3.05) is 6.54 Å². The van der Waals surface area contributed by atoms with Gasteiger partial charge in [0.05, 0.1) is 0 Å². The number of hydrogen-bond acceptors (Lipinski definition) is 1. The van der Waals surface area contributed by atoms with Crippen molar-refractivity contribution in [3.63, 3.8) is 0 Å². The third-order valence-electron chi connectivity index (χ3n) is 4.92. The van der Waals surface area contributed by atoms with E-state index < -0.39 is 0 Å². The van der Waals surface area contributed by atoms with Crippen molar-refractivity contribution >= 4 is 16.8 Å². The van der Waals surface area contributed by atoms with E-state index in [1.54, 1.807) is 0 Å². The van der Waals surface area contributed by atoms with Gasteiger partial charge in [-0.3, -0.25) is 4.79 Å². The molecular formula is C20H20N2O. The maximum atomic E-state index is 12.3. The average molecular weight is 304 g/mol. The van der Waals surface area contributed by atoms with Crippen molar-refractivity contribution in [3.8, 4) is 0 Å². The zero-order valence-electron chi connectivity index (χ0n) is 13.2. The summed E-state index contributed by atoms with van der Waals surface area (Å²) in [5.41, 5.74) is 4.49. The molecule has 1 heterocycles. The molecule has 0 radical (unpaired) electrons. The molecule has 3 heteroatoms. The van der Waals surface area contributed by atoms with E-state index in [0.29, 0.717) is 6.54 Å². The van der Waals surface area contributed by atoms with Gasteiger partial charge in [-0.2, -0.15) is 0 Å². The first-order valence-electron chi connectivity index (χ1n) is 8.09. The number of hydrogen-bond donors (Lipinski definition) is 2.